The molecule has 98 valence electrons. The predicted octanol–water partition coefficient (Wildman–Crippen LogP) is 3.68. The average Bonchev–Trinajstić information content (AvgIpc) is 2.78. The molecule has 2 heterocycles. The Morgan fingerprint density at radius 1 is 1.15 bits per heavy atom. The minimum absolute atomic E-state index is 0.0156. The zero-order valence-electron chi connectivity index (χ0n) is 11.2. The highest BCUT2D eigenvalue weighted by Crippen LogP contribution is 2.29. The second kappa shape index (κ2) is 3.90. The third-order valence-corrected chi connectivity index (χ3v) is 4.77. The molecule has 0 N–H and O–H groups in total. The van der Waals surface area contributed by atoms with Crippen molar-refractivity contribution >= 4 is 37.4 Å². The summed E-state index contributed by atoms with van der Waals surface area (Å²) in [4.78, 5) is 18.1. The van der Waals surface area contributed by atoms with Gasteiger partial charge < -0.3 is 0 Å². The van der Waals surface area contributed by atoms with Gasteiger partial charge in [0.1, 0.15) is 0 Å². The van der Waals surface area contributed by atoms with Crippen LogP contribution in [0.1, 0.15) is 11.1 Å². The van der Waals surface area contributed by atoms with E-state index in [0.29, 0.717) is 5.39 Å². The highest BCUT2D eigenvalue weighted by molar-refractivity contribution is 7.23. The van der Waals surface area contributed by atoms with Crippen molar-refractivity contribution in [2.45, 2.75) is 13.8 Å². The maximum absolute atomic E-state index is 12.7. The Bertz CT molecular complexity index is 1040. The first-order valence-corrected chi connectivity index (χ1v) is 7.28. The van der Waals surface area contributed by atoms with Crippen LogP contribution in [0.15, 0.2) is 41.2 Å². The first-order valence-electron chi connectivity index (χ1n) is 6.46. The second-order valence-corrected chi connectivity index (χ2v) is 6.06. The minimum atomic E-state index is 0.0156. The molecule has 4 rings (SSSR count). The number of benzene rings is 2. The van der Waals surface area contributed by atoms with Gasteiger partial charge in [0, 0.05) is 0 Å². The highest BCUT2D eigenvalue weighted by atomic mass is 32.1. The maximum atomic E-state index is 12.7. The van der Waals surface area contributed by atoms with Crippen LogP contribution in [-0.2, 0) is 0 Å². The first-order chi connectivity index (χ1) is 9.65. The lowest BCUT2D eigenvalue weighted by molar-refractivity contribution is 1.16. The van der Waals surface area contributed by atoms with Crippen molar-refractivity contribution in [3.63, 3.8) is 0 Å². The van der Waals surface area contributed by atoms with Crippen molar-refractivity contribution in [1.29, 1.82) is 0 Å². The van der Waals surface area contributed by atoms with Gasteiger partial charge in [-0.05, 0) is 43.2 Å². The molecule has 0 saturated heterocycles. The molecule has 0 atom stereocenters. The zero-order chi connectivity index (χ0) is 13.9. The summed E-state index contributed by atoms with van der Waals surface area (Å²) in [6.45, 7) is 4.13. The van der Waals surface area contributed by atoms with Crippen LogP contribution in [0.25, 0.3) is 26.1 Å². The van der Waals surface area contributed by atoms with E-state index < -0.39 is 0 Å². The van der Waals surface area contributed by atoms with Crippen LogP contribution in [0.5, 0.6) is 0 Å². The summed E-state index contributed by atoms with van der Waals surface area (Å²) in [6, 6.07) is 11.7. The number of fused-ring (bicyclic) bond motifs is 4. The van der Waals surface area contributed by atoms with Crippen molar-refractivity contribution in [3.8, 4) is 0 Å². The number of para-hydroxylation sites is 1. The molecule has 0 bridgehead atoms. The molecule has 4 aromatic rings. The Kier molecular flexibility index (Phi) is 2.26. The second-order valence-electron chi connectivity index (χ2n) is 5.08. The molecule has 2 aromatic carbocycles. The summed E-state index contributed by atoms with van der Waals surface area (Å²) >= 11 is 1.58. The summed E-state index contributed by atoms with van der Waals surface area (Å²) in [6.07, 6.45) is 0. The topological polar surface area (TPSA) is 34.4 Å². The Hall–Kier alpha value is -2.20. The van der Waals surface area contributed by atoms with E-state index >= 15 is 0 Å². The van der Waals surface area contributed by atoms with Gasteiger partial charge in [-0.3, -0.25) is 9.20 Å². The first kappa shape index (κ1) is 11.6. The van der Waals surface area contributed by atoms with Gasteiger partial charge >= 0.3 is 0 Å². The van der Waals surface area contributed by atoms with Gasteiger partial charge in [0.05, 0.1) is 21.1 Å². The minimum Gasteiger partial charge on any atom is -0.268 e. The van der Waals surface area contributed by atoms with Crippen LogP contribution in [0.2, 0.25) is 0 Å². The summed E-state index contributed by atoms with van der Waals surface area (Å²) in [5, 5.41) is 0.670. The maximum Gasteiger partial charge on any atom is 0.266 e. The normalized spacial score (nSPS) is 11.7. The molecule has 0 saturated carbocycles. The van der Waals surface area contributed by atoms with Crippen molar-refractivity contribution in [3.05, 3.63) is 57.9 Å². The third kappa shape index (κ3) is 1.45. The quantitative estimate of drug-likeness (QED) is 0.492. The van der Waals surface area contributed by atoms with Gasteiger partial charge in [0.15, 0.2) is 4.96 Å². The van der Waals surface area contributed by atoms with E-state index in [1.807, 2.05) is 24.3 Å². The SMILES string of the molecule is Cc1cc(C)c2sc3nc4ccccc4c(=O)n3c2c1. The number of thiazole rings is 1. The summed E-state index contributed by atoms with van der Waals surface area (Å²) in [7, 11) is 0. The fraction of sp³-hybridized carbons (Fsp3) is 0.125. The lowest BCUT2D eigenvalue weighted by Gasteiger charge is -2.00. The summed E-state index contributed by atoms with van der Waals surface area (Å²) < 4.78 is 2.87. The van der Waals surface area contributed by atoms with Crippen LogP contribution in [-0.4, -0.2) is 9.38 Å². The molecule has 0 radical (unpaired) electrons. The number of rotatable bonds is 0. The Labute approximate surface area is 119 Å². The summed E-state index contributed by atoms with van der Waals surface area (Å²) in [5.74, 6) is 0. The van der Waals surface area contributed by atoms with E-state index in [0.717, 1.165) is 26.3 Å². The van der Waals surface area contributed by atoms with Gasteiger partial charge in [-0.2, -0.15) is 0 Å². The molecular weight excluding hydrogens is 268 g/mol. The van der Waals surface area contributed by atoms with Gasteiger partial charge in [0.2, 0.25) is 0 Å². The lowest BCUT2D eigenvalue weighted by atomic mass is 10.1. The average molecular weight is 280 g/mol. The molecular formula is C16H12N2OS. The van der Waals surface area contributed by atoms with Crippen molar-refractivity contribution in [1.82, 2.24) is 9.38 Å². The summed E-state index contributed by atoms with van der Waals surface area (Å²) in [5.41, 5.74) is 4.10. The fourth-order valence-electron chi connectivity index (χ4n) is 2.72. The van der Waals surface area contributed by atoms with Crippen molar-refractivity contribution < 1.29 is 0 Å². The molecule has 0 aliphatic heterocycles. The van der Waals surface area contributed by atoms with Crippen LogP contribution < -0.4 is 5.56 Å². The number of aromatic nitrogens is 2. The third-order valence-electron chi connectivity index (χ3n) is 3.58. The van der Waals surface area contributed by atoms with Crippen molar-refractivity contribution in [2.75, 3.05) is 0 Å². The Morgan fingerprint density at radius 2 is 1.95 bits per heavy atom. The zero-order valence-corrected chi connectivity index (χ0v) is 12.0. The van der Waals surface area contributed by atoms with Crippen LogP contribution in [0.4, 0.5) is 0 Å². The van der Waals surface area contributed by atoms with E-state index in [1.165, 1.54) is 5.56 Å². The largest absolute Gasteiger partial charge is 0.268 e. The lowest BCUT2D eigenvalue weighted by Crippen LogP contribution is -2.13. The van der Waals surface area contributed by atoms with E-state index in [-0.39, 0.29) is 5.56 Å². The number of hydrogen-bond donors (Lipinski definition) is 0. The molecule has 0 unspecified atom stereocenters. The number of aryl methyl sites for hydroxylation is 2. The van der Waals surface area contributed by atoms with Crippen molar-refractivity contribution in [2.24, 2.45) is 0 Å². The molecule has 0 fully saturated rings. The molecule has 2 aromatic heterocycles. The fourth-order valence-corrected chi connectivity index (χ4v) is 3.79. The van der Waals surface area contributed by atoms with Crippen LogP contribution >= 0.6 is 11.3 Å². The molecule has 0 aliphatic rings. The molecule has 20 heavy (non-hydrogen) atoms. The van der Waals surface area contributed by atoms with Gasteiger partial charge in [0.25, 0.3) is 5.56 Å². The van der Waals surface area contributed by atoms with E-state index in [4.69, 9.17) is 0 Å². The van der Waals surface area contributed by atoms with Gasteiger partial charge in [-0.1, -0.05) is 29.5 Å². The van der Waals surface area contributed by atoms with E-state index in [1.54, 1.807) is 15.7 Å². The molecule has 4 heteroatoms. The number of hydrogen-bond acceptors (Lipinski definition) is 3. The predicted molar refractivity (Wildman–Crippen MR) is 83.8 cm³/mol. The Morgan fingerprint density at radius 3 is 2.80 bits per heavy atom. The van der Waals surface area contributed by atoms with E-state index in [9.17, 15) is 4.79 Å². The monoisotopic (exact) mass is 280 g/mol. The van der Waals surface area contributed by atoms with Gasteiger partial charge in [-0.25, -0.2) is 4.98 Å². The standard InChI is InChI=1S/C16H12N2OS/c1-9-7-10(2)14-13(8-9)18-15(19)11-5-3-4-6-12(11)17-16(18)20-14/h3-8H,1-2H3. The molecule has 0 aliphatic carbocycles. The van der Waals surface area contributed by atoms with Crippen LogP contribution in [0, 0.1) is 13.8 Å². The number of nitrogens with zero attached hydrogens (tertiary/aromatic N) is 2. The van der Waals surface area contributed by atoms with Crippen LogP contribution in [0.3, 0.4) is 0 Å². The van der Waals surface area contributed by atoms with E-state index in [2.05, 4.69) is 31.0 Å². The molecule has 0 spiro atoms. The Balaban J connectivity index is 2.36. The highest BCUT2D eigenvalue weighted by Gasteiger charge is 2.12. The van der Waals surface area contributed by atoms with Gasteiger partial charge in [-0.15, -0.1) is 0 Å². The molecule has 0 amide bonds. The molecule has 3 nitrogen and oxygen atoms in total. The smallest absolute Gasteiger partial charge is 0.266 e.